The van der Waals surface area contributed by atoms with Crippen LogP contribution in [0.3, 0.4) is 0 Å². The summed E-state index contributed by atoms with van der Waals surface area (Å²) in [4.78, 5) is 25.8. The molecule has 4 heteroatoms. The predicted octanol–water partition coefficient (Wildman–Crippen LogP) is 2.19. The molecular weight excluding hydrogens is 240 g/mol. The van der Waals surface area contributed by atoms with Gasteiger partial charge in [0.05, 0.1) is 17.3 Å². The molecule has 0 aliphatic carbocycles. The monoisotopic (exact) mass is 256 g/mol. The summed E-state index contributed by atoms with van der Waals surface area (Å²) in [6, 6.07) is 7.47. The third-order valence-corrected chi connectivity index (χ3v) is 3.67. The summed E-state index contributed by atoms with van der Waals surface area (Å²) in [7, 11) is 0. The van der Waals surface area contributed by atoms with Crippen LogP contribution in [0.2, 0.25) is 0 Å². The highest BCUT2D eigenvalue weighted by Gasteiger charge is 2.35. The highest BCUT2D eigenvalue weighted by Crippen LogP contribution is 2.32. The highest BCUT2D eigenvalue weighted by molar-refractivity contribution is 6.02. The third-order valence-electron chi connectivity index (χ3n) is 3.67. The largest absolute Gasteiger partial charge is 0.356 e. The van der Waals surface area contributed by atoms with Gasteiger partial charge in [-0.25, -0.2) is 0 Å². The van der Waals surface area contributed by atoms with Gasteiger partial charge in [-0.15, -0.1) is 0 Å². The van der Waals surface area contributed by atoms with Crippen LogP contribution < -0.4 is 5.32 Å². The lowest BCUT2D eigenvalue weighted by Gasteiger charge is -2.23. The van der Waals surface area contributed by atoms with Gasteiger partial charge in [0.15, 0.2) is 5.78 Å². The van der Waals surface area contributed by atoms with Gasteiger partial charge in [-0.2, -0.15) is 0 Å². The minimum atomic E-state index is 0.00109. The number of ketones is 1. The molecule has 0 radical (unpaired) electrons. The Labute approximate surface area is 112 Å². The van der Waals surface area contributed by atoms with Crippen LogP contribution in [0.25, 0.3) is 0 Å². The van der Waals surface area contributed by atoms with E-state index in [1.807, 2.05) is 29.2 Å². The lowest BCUT2D eigenvalue weighted by Crippen LogP contribution is -2.36. The molecule has 0 bridgehead atoms. The van der Waals surface area contributed by atoms with E-state index in [-0.39, 0.29) is 17.7 Å². The molecule has 1 saturated heterocycles. The maximum atomic E-state index is 12.5. The average Bonchev–Trinajstić information content (AvgIpc) is 2.83. The van der Waals surface area contributed by atoms with E-state index in [1.165, 1.54) is 6.92 Å². The molecule has 0 unspecified atom stereocenters. The summed E-state index contributed by atoms with van der Waals surface area (Å²) in [5.74, 6) is 0.0544. The molecule has 2 aliphatic rings. The van der Waals surface area contributed by atoms with E-state index in [9.17, 15) is 9.59 Å². The Morgan fingerprint density at radius 2 is 2.21 bits per heavy atom. The summed E-state index contributed by atoms with van der Waals surface area (Å²) in [6.45, 7) is 2.29. The van der Waals surface area contributed by atoms with Crippen LogP contribution in [0.1, 0.15) is 30.1 Å². The molecule has 3 rings (SSSR count). The topological polar surface area (TPSA) is 49.4 Å². The standard InChI is InChI=1S/C15H16N2O2/c1-10(18)9-13-14-7-4-8-17(14)15(19)11-5-2-3-6-12(11)16-13/h2-3,5-6,9,14,16H,4,7-8H2,1H3/t14-/m0/s1. The first-order valence-electron chi connectivity index (χ1n) is 6.56. The van der Waals surface area contributed by atoms with E-state index >= 15 is 0 Å². The fourth-order valence-corrected chi connectivity index (χ4v) is 2.86. The number of nitrogens with zero attached hydrogens (tertiary/aromatic N) is 1. The first kappa shape index (κ1) is 12.0. The molecular formula is C15H16N2O2. The molecule has 2 heterocycles. The molecule has 1 amide bonds. The Morgan fingerprint density at radius 3 is 3.00 bits per heavy atom. The molecule has 2 aliphatic heterocycles. The second kappa shape index (κ2) is 4.53. The van der Waals surface area contributed by atoms with Crippen LogP contribution in [0, 0.1) is 0 Å². The molecule has 1 N–H and O–H groups in total. The summed E-state index contributed by atoms with van der Waals surface area (Å²) < 4.78 is 0. The lowest BCUT2D eigenvalue weighted by atomic mass is 10.1. The second-order valence-corrected chi connectivity index (χ2v) is 5.04. The number of carbonyl (C=O) groups is 2. The fraction of sp³-hybridized carbons (Fsp3) is 0.333. The zero-order valence-electron chi connectivity index (χ0n) is 10.8. The first-order valence-corrected chi connectivity index (χ1v) is 6.56. The number of para-hydroxylation sites is 1. The van der Waals surface area contributed by atoms with Gasteiger partial charge in [0.25, 0.3) is 5.91 Å². The van der Waals surface area contributed by atoms with Crippen molar-refractivity contribution in [2.75, 3.05) is 11.9 Å². The van der Waals surface area contributed by atoms with Gasteiger partial charge >= 0.3 is 0 Å². The molecule has 1 aromatic carbocycles. The Kier molecular flexibility index (Phi) is 2.85. The number of allylic oxidation sites excluding steroid dienone is 1. The van der Waals surface area contributed by atoms with Crippen LogP contribution in [-0.2, 0) is 4.79 Å². The average molecular weight is 256 g/mol. The SMILES string of the molecule is CC(=O)C=C1Nc2ccccc2C(=O)N2CCC[C@@H]12. The predicted molar refractivity (Wildman–Crippen MR) is 72.9 cm³/mol. The van der Waals surface area contributed by atoms with Gasteiger partial charge in [-0.1, -0.05) is 12.1 Å². The van der Waals surface area contributed by atoms with Crippen molar-refractivity contribution in [3.05, 3.63) is 41.6 Å². The van der Waals surface area contributed by atoms with Gasteiger partial charge in [0, 0.05) is 18.3 Å². The first-order chi connectivity index (χ1) is 9.16. The van der Waals surface area contributed by atoms with Gasteiger partial charge in [-0.3, -0.25) is 9.59 Å². The molecule has 1 fully saturated rings. The van der Waals surface area contributed by atoms with Crippen molar-refractivity contribution >= 4 is 17.4 Å². The quantitative estimate of drug-likeness (QED) is 0.784. The number of carbonyl (C=O) groups excluding carboxylic acids is 2. The molecule has 0 spiro atoms. The van der Waals surface area contributed by atoms with Gasteiger partial charge in [-0.05, 0) is 31.9 Å². The van der Waals surface area contributed by atoms with Crippen LogP contribution in [0.15, 0.2) is 36.0 Å². The van der Waals surface area contributed by atoms with Crippen molar-refractivity contribution in [2.24, 2.45) is 0 Å². The van der Waals surface area contributed by atoms with Crippen LogP contribution in [0.4, 0.5) is 5.69 Å². The fourth-order valence-electron chi connectivity index (χ4n) is 2.86. The van der Waals surface area contributed by atoms with Crippen molar-refractivity contribution in [1.29, 1.82) is 0 Å². The molecule has 0 aromatic heterocycles. The molecule has 4 nitrogen and oxygen atoms in total. The van der Waals surface area contributed by atoms with E-state index < -0.39 is 0 Å². The number of fused-ring (bicyclic) bond motifs is 2. The smallest absolute Gasteiger partial charge is 0.256 e. The second-order valence-electron chi connectivity index (χ2n) is 5.04. The Morgan fingerprint density at radius 1 is 1.42 bits per heavy atom. The zero-order valence-corrected chi connectivity index (χ0v) is 10.8. The number of benzene rings is 1. The third kappa shape index (κ3) is 2.03. The van der Waals surface area contributed by atoms with E-state index in [2.05, 4.69) is 5.32 Å². The minimum absolute atomic E-state index is 0.00109. The van der Waals surface area contributed by atoms with Crippen LogP contribution >= 0.6 is 0 Å². The molecule has 19 heavy (non-hydrogen) atoms. The van der Waals surface area contributed by atoms with E-state index in [4.69, 9.17) is 0 Å². The number of amides is 1. The van der Waals surface area contributed by atoms with Crippen LogP contribution in [0.5, 0.6) is 0 Å². The number of anilines is 1. The summed E-state index contributed by atoms with van der Waals surface area (Å²) in [5.41, 5.74) is 2.30. The maximum Gasteiger partial charge on any atom is 0.256 e. The maximum absolute atomic E-state index is 12.5. The Balaban J connectivity index is 2.11. The summed E-state index contributed by atoms with van der Waals surface area (Å²) in [5, 5.41) is 3.27. The molecule has 1 atom stereocenters. The number of nitrogens with one attached hydrogen (secondary N) is 1. The van der Waals surface area contributed by atoms with Gasteiger partial charge in [0.2, 0.25) is 0 Å². The zero-order chi connectivity index (χ0) is 13.4. The Bertz CT molecular complexity index is 577. The molecule has 98 valence electrons. The molecule has 1 aromatic rings. The van der Waals surface area contributed by atoms with Crippen molar-refractivity contribution in [3.8, 4) is 0 Å². The lowest BCUT2D eigenvalue weighted by molar-refractivity contribution is -0.112. The summed E-state index contributed by atoms with van der Waals surface area (Å²) in [6.07, 6.45) is 3.50. The number of rotatable bonds is 1. The normalized spacial score (nSPS) is 23.6. The number of hydrogen-bond acceptors (Lipinski definition) is 3. The summed E-state index contributed by atoms with van der Waals surface area (Å²) >= 11 is 0. The molecule has 0 saturated carbocycles. The number of hydrogen-bond donors (Lipinski definition) is 1. The van der Waals surface area contributed by atoms with E-state index in [0.29, 0.717) is 5.56 Å². The Hall–Kier alpha value is -2.10. The van der Waals surface area contributed by atoms with Crippen molar-refractivity contribution in [2.45, 2.75) is 25.8 Å². The van der Waals surface area contributed by atoms with Gasteiger partial charge < -0.3 is 10.2 Å². The van der Waals surface area contributed by atoms with Gasteiger partial charge in [0.1, 0.15) is 0 Å². The van der Waals surface area contributed by atoms with E-state index in [0.717, 1.165) is 30.8 Å². The minimum Gasteiger partial charge on any atom is -0.356 e. The van der Waals surface area contributed by atoms with Crippen molar-refractivity contribution in [1.82, 2.24) is 4.90 Å². The van der Waals surface area contributed by atoms with Crippen LogP contribution in [-0.4, -0.2) is 29.2 Å². The highest BCUT2D eigenvalue weighted by atomic mass is 16.2. The van der Waals surface area contributed by atoms with Crippen molar-refractivity contribution in [3.63, 3.8) is 0 Å². The van der Waals surface area contributed by atoms with E-state index in [1.54, 1.807) is 6.08 Å². The van der Waals surface area contributed by atoms with Crippen molar-refractivity contribution < 1.29 is 9.59 Å².